The van der Waals surface area contributed by atoms with E-state index < -0.39 is 383 Å². The molecule has 4 saturated carbocycles. The largest absolute Gasteiger partial charge is 0.504 e. The van der Waals surface area contributed by atoms with E-state index in [2.05, 4.69) is 40.7 Å². The van der Waals surface area contributed by atoms with Crippen LogP contribution in [0.4, 0.5) is 0 Å². The maximum absolute atomic E-state index is 16.6. The standard InChI is InChI=1S/C94H148O47/c1-13-37(3)46(101)25-42(99)27-55(104)129-49(38(4)14-2)26-43(100)28-56(105)133-71-57(106)39(5)127-84(75(71)139-83-68(117)73(136-81-64(113)61(110)59(108)50(31-96)130-81)69(40(6)128-83)134-80-67(116)70(47(102)34-125-80)135-79-63(112)58(107)41(30-95)33-124-79)141-86(121)93-23-21-88(7,8)29-45(93)44-15-16-53-89(9)19-18-54(90(10,36-98)52(89)17-20-92(53,12)91(44,11)22-24-93)132-85-76(138-82-65(114)62(111)60(109)51(32-97)131-82)72(66(115)74(137-85)78(119)120)140-87-94(122,123)77(118)48(103)35-126-87/h15,36-43,45-54,57-62,64-66,68-77,81-85,87,95-97,99-103,106-118,122-123H,13-14,16-35H2,1-12H3,(H,119,120)/t37-,38-,39+,40-,41+,42-,43-,45-,46-,47+,48+,49-,50+,51+,52+,53+,54-,57-,58-,59+,60-,61-,62-,64+,65+,66-,68+,69-,70-,71-,72-,73-,74-,75+,76+,77-,81-,82-,83-,84-,85+,87-,89-,90-,91+,92+,93-/m0/s1. The van der Waals surface area contributed by atoms with Gasteiger partial charge in [-0.3, -0.25) is 14.4 Å². The second-order valence-electron chi connectivity index (χ2n) is 42.9. The first-order valence-electron chi connectivity index (χ1n) is 49.0. The molecule has 0 radical (unpaired) electrons. The number of fused-ring (bicyclic) bond motifs is 7. The Hall–Kier alpha value is -5.71. The number of carboxylic acids is 1. The molecule has 806 valence electrons. The van der Waals surface area contributed by atoms with Gasteiger partial charge in [0.25, 0.3) is 0 Å². The van der Waals surface area contributed by atoms with Crippen molar-refractivity contribution >= 4 is 30.2 Å². The van der Waals surface area contributed by atoms with Crippen LogP contribution in [0.15, 0.2) is 35.1 Å². The molecule has 0 aromatic heterocycles. The number of esters is 3. The molecule has 47 nitrogen and oxygen atoms in total. The SMILES string of the molecule is CC[C@H](C)[C@H](C[C@H](O)CC(=O)O[C@H]1[C@@H](O)[C@@H](C)O[C@@H](OC(=O)[C@]23CCC(C)(C)C[C@H]2C2=CC[C@@H]4[C@@]5(C)CC[C@H](O[C@@H]6O[C@H](C(=O)O)[C@@H](O)[C@H](O[C@@H]7OC[C@@H](O)[C@H](O)C7(O)O)[C@H]6O[C@@H]6O[C@H](CO)[C@H](O)[C@H](O)[C@H]6O)[C@@](C)(C=O)[C@@H]5CC[C@@]4(C)[C@]2(C)CC3)[C@@H]1O[C@@H]1O[C@@H](C)[C@H](OC2=C(O)[C@@H](OC3=C(O)[C@@H](O)[C@H](CO)CO3)[C@H](O)CO2)[C@@H](O[C@@H]2O[C@H](CO)[C@@H](O)[C@H](O)[C@H]2O)[C@H]1O)OC(=O)C[C@@H](O)C[C@H](O)[C@@H](C)CC. The summed E-state index contributed by atoms with van der Waals surface area (Å²) < 4.78 is 110. The fourth-order valence-corrected chi connectivity index (χ4v) is 23.9. The Balaban J connectivity index is 0.814. The van der Waals surface area contributed by atoms with Crippen LogP contribution in [-0.2, 0) is 109 Å². The lowest BCUT2D eigenvalue weighted by Gasteiger charge is -2.71. The molecule has 47 heteroatoms. The highest BCUT2D eigenvalue weighted by Gasteiger charge is 2.72. The van der Waals surface area contributed by atoms with Crippen molar-refractivity contribution in [1.82, 2.24) is 0 Å². The van der Waals surface area contributed by atoms with Crippen LogP contribution in [-0.4, -0.2) is 419 Å². The molecule has 13 rings (SSSR count). The lowest BCUT2D eigenvalue weighted by molar-refractivity contribution is -0.424. The Morgan fingerprint density at radius 1 is 0.539 bits per heavy atom. The third kappa shape index (κ3) is 21.9. The Morgan fingerprint density at radius 2 is 1.11 bits per heavy atom. The third-order valence-corrected chi connectivity index (χ3v) is 33.4. The van der Waals surface area contributed by atoms with Gasteiger partial charge in [0.1, 0.15) is 129 Å². The molecule has 5 aliphatic carbocycles. The number of aliphatic hydroxyl groups is 23. The van der Waals surface area contributed by atoms with Crippen molar-refractivity contribution in [1.29, 1.82) is 0 Å². The van der Waals surface area contributed by atoms with E-state index in [4.69, 9.17) is 85.3 Å². The van der Waals surface area contributed by atoms with Crippen LogP contribution in [0.5, 0.6) is 0 Å². The van der Waals surface area contributed by atoms with Crippen molar-refractivity contribution in [2.75, 3.05) is 39.6 Å². The fourth-order valence-electron chi connectivity index (χ4n) is 23.9. The summed E-state index contributed by atoms with van der Waals surface area (Å²) in [6, 6.07) is 0. The molecule has 10 fully saturated rings. The number of carbonyl (C=O) groups is 5. The molecule has 0 bridgehead atoms. The van der Waals surface area contributed by atoms with Gasteiger partial charge >= 0.3 is 35.8 Å². The average Bonchev–Trinajstić information content (AvgIpc) is 0.671. The van der Waals surface area contributed by atoms with Gasteiger partial charge in [-0.2, -0.15) is 0 Å². The summed E-state index contributed by atoms with van der Waals surface area (Å²) in [5, 5.41) is 267. The van der Waals surface area contributed by atoms with E-state index >= 15 is 4.79 Å². The van der Waals surface area contributed by atoms with Crippen LogP contribution in [0.25, 0.3) is 0 Å². The number of aldehydes is 1. The summed E-state index contributed by atoms with van der Waals surface area (Å²) in [5.74, 6) is -15.0. The van der Waals surface area contributed by atoms with E-state index in [9.17, 15) is 142 Å². The number of hydrogen-bond donors (Lipinski definition) is 24. The van der Waals surface area contributed by atoms with Crippen LogP contribution < -0.4 is 0 Å². The number of rotatable bonds is 35. The molecule has 0 spiro atoms. The molecule has 0 amide bonds. The molecule has 47 atom stereocenters. The molecule has 8 aliphatic heterocycles. The van der Waals surface area contributed by atoms with Crippen LogP contribution >= 0.6 is 0 Å². The first kappa shape index (κ1) is 112. The number of aliphatic carboxylic acids is 1. The van der Waals surface area contributed by atoms with Gasteiger partial charge in [-0.25, -0.2) is 4.79 Å². The smallest absolute Gasteiger partial charge is 0.335 e. The average molecular weight is 2030 g/mol. The topological polar surface area (TPSA) is 737 Å². The van der Waals surface area contributed by atoms with Gasteiger partial charge in [0.05, 0.1) is 93.3 Å². The van der Waals surface area contributed by atoms with E-state index in [1.165, 1.54) is 13.8 Å². The Kier molecular flexibility index (Phi) is 35.6. The predicted molar refractivity (Wildman–Crippen MR) is 468 cm³/mol. The van der Waals surface area contributed by atoms with Crippen molar-refractivity contribution in [3.63, 3.8) is 0 Å². The number of carboxylic acid groups (broad SMARTS) is 1. The summed E-state index contributed by atoms with van der Waals surface area (Å²) in [6.45, 7) is 17.5. The van der Waals surface area contributed by atoms with Crippen molar-refractivity contribution in [2.45, 2.75) is 412 Å². The maximum atomic E-state index is 16.6. The molecule has 13 aliphatic rings. The van der Waals surface area contributed by atoms with Crippen LogP contribution in [0.1, 0.15) is 186 Å². The highest BCUT2D eigenvalue weighted by Crippen LogP contribution is 2.76. The van der Waals surface area contributed by atoms with Gasteiger partial charge in [-0.15, -0.1) is 0 Å². The fraction of sp³-hybridized carbons (Fsp3) is 0.883. The van der Waals surface area contributed by atoms with Gasteiger partial charge in [-0.1, -0.05) is 93.7 Å². The zero-order chi connectivity index (χ0) is 104. The van der Waals surface area contributed by atoms with Crippen LogP contribution in [0.3, 0.4) is 0 Å². The van der Waals surface area contributed by atoms with E-state index in [0.717, 1.165) is 11.9 Å². The van der Waals surface area contributed by atoms with E-state index in [1.807, 2.05) is 6.92 Å². The van der Waals surface area contributed by atoms with Gasteiger partial charge < -0.3 is 213 Å². The van der Waals surface area contributed by atoms with Crippen molar-refractivity contribution in [3.05, 3.63) is 35.1 Å². The minimum Gasteiger partial charge on any atom is -0.504 e. The van der Waals surface area contributed by atoms with Crippen molar-refractivity contribution in [2.24, 2.45) is 68.0 Å². The third-order valence-electron chi connectivity index (χ3n) is 33.4. The lowest BCUT2D eigenvalue weighted by atomic mass is 9.33. The zero-order valence-corrected chi connectivity index (χ0v) is 81.1. The molecular formula is C94H148O47. The van der Waals surface area contributed by atoms with Gasteiger partial charge in [0, 0.05) is 18.8 Å². The lowest BCUT2D eigenvalue weighted by Crippen LogP contribution is -2.70. The summed E-state index contributed by atoms with van der Waals surface area (Å²) in [6.07, 6.45) is -64.5. The van der Waals surface area contributed by atoms with Gasteiger partial charge in [0.15, 0.2) is 55.7 Å². The van der Waals surface area contributed by atoms with E-state index in [1.54, 1.807) is 27.7 Å². The second-order valence-corrected chi connectivity index (χ2v) is 42.9. The first-order chi connectivity index (χ1) is 66.2. The second kappa shape index (κ2) is 44.6. The van der Waals surface area contributed by atoms with Gasteiger partial charge in [-0.05, 0) is 129 Å². The van der Waals surface area contributed by atoms with E-state index in [0.29, 0.717) is 57.8 Å². The summed E-state index contributed by atoms with van der Waals surface area (Å²) in [4.78, 5) is 72.7. The molecule has 141 heavy (non-hydrogen) atoms. The Morgan fingerprint density at radius 3 is 1.72 bits per heavy atom. The molecular weight excluding hydrogens is 1880 g/mol. The summed E-state index contributed by atoms with van der Waals surface area (Å²) in [5.41, 5.74) is -4.70. The molecule has 0 aromatic rings. The molecule has 6 saturated heterocycles. The summed E-state index contributed by atoms with van der Waals surface area (Å²) >= 11 is 0. The Labute approximate surface area is 813 Å². The van der Waals surface area contributed by atoms with Crippen molar-refractivity contribution in [3.8, 4) is 0 Å². The van der Waals surface area contributed by atoms with Gasteiger partial charge in [0.2, 0.25) is 29.9 Å². The van der Waals surface area contributed by atoms with Crippen molar-refractivity contribution < 1.29 is 232 Å². The zero-order valence-electron chi connectivity index (χ0n) is 81.1. The first-order valence-corrected chi connectivity index (χ1v) is 49.0. The normalized spacial score (nSPS) is 45.8. The highest BCUT2D eigenvalue weighted by atomic mass is 16.8. The predicted octanol–water partition coefficient (Wildman–Crippen LogP) is -3.65. The maximum Gasteiger partial charge on any atom is 0.335 e. The number of ether oxygens (including phenoxy) is 18. The number of aliphatic hydroxyl groups excluding tert-OH is 21. The number of hydrogen-bond acceptors (Lipinski definition) is 46. The Bertz CT molecular complexity index is 4340. The molecule has 0 unspecified atom stereocenters. The number of carbonyl (C=O) groups excluding carboxylic acids is 4. The quantitative estimate of drug-likeness (QED) is 0.00726. The molecule has 24 N–H and O–H groups in total. The number of allylic oxidation sites excluding steroid dienone is 2. The van der Waals surface area contributed by atoms with E-state index in [-0.39, 0.29) is 43.9 Å². The monoisotopic (exact) mass is 2030 g/mol. The molecule has 0 aromatic carbocycles. The minimum absolute atomic E-state index is 0.0203. The highest BCUT2D eigenvalue weighted by molar-refractivity contribution is 5.79. The summed E-state index contributed by atoms with van der Waals surface area (Å²) in [7, 11) is 0. The minimum atomic E-state index is -3.49. The molecule has 8 heterocycles. The van der Waals surface area contributed by atoms with Crippen LogP contribution in [0.2, 0.25) is 0 Å². The van der Waals surface area contributed by atoms with Crippen LogP contribution in [0, 0.1) is 68.0 Å².